The smallest absolute Gasteiger partial charge is 0.251 e. The van der Waals surface area contributed by atoms with E-state index in [4.69, 9.17) is 9.47 Å². The first-order valence-electron chi connectivity index (χ1n) is 7.64. The van der Waals surface area contributed by atoms with Gasteiger partial charge in [0.1, 0.15) is 17.6 Å². The molecule has 1 aliphatic heterocycles. The molecule has 0 unspecified atom stereocenters. The fraction of sp³-hybridized carbons (Fsp3) is 0.235. The summed E-state index contributed by atoms with van der Waals surface area (Å²) in [5, 5.41) is 13.5. The highest BCUT2D eigenvalue weighted by molar-refractivity contribution is 5.97. The van der Waals surface area contributed by atoms with E-state index in [-0.39, 0.29) is 11.9 Å². The molecule has 1 aromatic heterocycles. The molecule has 2 aromatic carbocycles. The van der Waals surface area contributed by atoms with Crippen molar-refractivity contribution < 1.29 is 14.3 Å². The van der Waals surface area contributed by atoms with Crippen molar-refractivity contribution >= 4 is 16.9 Å². The lowest BCUT2D eigenvalue weighted by Crippen LogP contribution is -2.42. The zero-order valence-electron chi connectivity index (χ0n) is 13.1. The fourth-order valence-electron chi connectivity index (χ4n) is 2.90. The summed E-state index contributed by atoms with van der Waals surface area (Å²) < 4.78 is 11.1. The predicted octanol–water partition coefficient (Wildman–Crippen LogP) is 1.70. The Labute approximate surface area is 138 Å². The third kappa shape index (κ3) is 2.54. The lowest BCUT2D eigenvalue weighted by atomic mass is 10.0. The summed E-state index contributed by atoms with van der Waals surface area (Å²) >= 11 is 0. The quantitative estimate of drug-likeness (QED) is 0.765. The first-order chi connectivity index (χ1) is 11.7. The molecular formula is C17H16N4O3. The average molecular weight is 324 g/mol. The molecule has 24 heavy (non-hydrogen) atoms. The van der Waals surface area contributed by atoms with Crippen LogP contribution in [0.3, 0.4) is 0 Å². The highest BCUT2D eigenvalue weighted by Crippen LogP contribution is 2.34. The van der Waals surface area contributed by atoms with Crippen molar-refractivity contribution in [3.63, 3.8) is 0 Å². The monoisotopic (exact) mass is 324 g/mol. The normalized spacial score (nSPS) is 16.3. The Morgan fingerprint density at radius 2 is 2.17 bits per heavy atom. The second-order valence-corrected chi connectivity index (χ2v) is 5.66. The van der Waals surface area contributed by atoms with Gasteiger partial charge < -0.3 is 14.8 Å². The van der Waals surface area contributed by atoms with Crippen LogP contribution in [0.2, 0.25) is 0 Å². The van der Waals surface area contributed by atoms with Crippen molar-refractivity contribution in [1.82, 2.24) is 20.7 Å². The van der Waals surface area contributed by atoms with Crippen LogP contribution in [0.4, 0.5) is 0 Å². The number of hydrogen-bond acceptors (Lipinski definition) is 5. The van der Waals surface area contributed by atoms with Crippen molar-refractivity contribution in [2.24, 2.45) is 0 Å². The van der Waals surface area contributed by atoms with Crippen LogP contribution in [0, 0.1) is 0 Å². The standard InChI is InChI=1S/C17H16N4O3/c1-23-15-4-2-3-10-7-12(9-24-16(10)15)18-17(22)11-5-6-13-14(8-11)20-21-19-13/h2-6,8,12H,7,9H2,1H3,(H,18,22)(H,19,20,21)/t12-/m1/s1. The number of nitrogens with one attached hydrogen (secondary N) is 2. The summed E-state index contributed by atoms with van der Waals surface area (Å²) in [5.74, 6) is 1.32. The molecule has 1 aliphatic rings. The minimum Gasteiger partial charge on any atom is -0.493 e. The van der Waals surface area contributed by atoms with Gasteiger partial charge in [-0.1, -0.05) is 12.1 Å². The summed E-state index contributed by atoms with van der Waals surface area (Å²) in [6.07, 6.45) is 0.699. The molecule has 122 valence electrons. The maximum atomic E-state index is 12.5. The minimum atomic E-state index is -0.153. The van der Waals surface area contributed by atoms with E-state index in [0.29, 0.717) is 29.9 Å². The number of aromatic nitrogens is 3. The van der Waals surface area contributed by atoms with Gasteiger partial charge in [-0.05, 0) is 30.7 Å². The Morgan fingerprint density at radius 1 is 1.29 bits per heavy atom. The van der Waals surface area contributed by atoms with E-state index in [1.165, 1.54) is 0 Å². The summed E-state index contributed by atoms with van der Waals surface area (Å²) in [7, 11) is 1.62. The van der Waals surface area contributed by atoms with Crippen molar-refractivity contribution in [3.05, 3.63) is 47.5 Å². The number of carbonyl (C=O) groups is 1. The first-order valence-corrected chi connectivity index (χ1v) is 7.64. The fourth-order valence-corrected chi connectivity index (χ4v) is 2.90. The van der Waals surface area contributed by atoms with Crippen LogP contribution in [-0.2, 0) is 6.42 Å². The molecule has 0 aliphatic carbocycles. The number of para-hydroxylation sites is 1. The highest BCUT2D eigenvalue weighted by atomic mass is 16.5. The first kappa shape index (κ1) is 14.5. The zero-order valence-corrected chi connectivity index (χ0v) is 13.1. The molecule has 0 bridgehead atoms. The van der Waals surface area contributed by atoms with Crippen LogP contribution < -0.4 is 14.8 Å². The van der Waals surface area contributed by atoms with Gasteiger partial charge in [0.05, 0.1) is 13.2 Å². The molecule has 7 nitrogen and oxygen atoms in total. The van der Waals surface area contributed by atoms with Gasteiger partial charge in [0.15, 0.2) is 11.5 Å². The molecule has 2 heterocycles. The van der Waals surface area contributed by atoms with Crippen LogP contribution >= 0.6 is 0 Å². The minimum absolute atomic E-state index is 0.0925. The topological polar surface area (TPSA) is 89.1 Å². The average Bonchev–Trinajstić information content (AvgIpc) is 3.08. The van der Waals surface area contributed by atoms with E-state index in [0.717, 1.165) is 16.8 Å². The van der Waals surface area contributed by atoms with Crippen molar-refractivity contribution in [2.45, 2.75) is 12.5 Å². The molecule has 4 rings (SSSR count). The van der Waals surface area contributed by atoms with Gasteiger partial charge in [-0.3, -0.25) is 4.79 Å². The Hall–Kier alpha value is -3.09. The number of carbonyl (C=O) groups excluding carboxylic acids is 1. The van der Waals surface area contributed by atoms with Gasteiger partial charge in [0, 0.05) is 11.1 Å². The summed E-state index contributed by atoms with van der Waals surface area (Å²) in [5.41, 5.74) is 2.97. The maximum absolute atomic E-state index is 12.5. The van der Waals surface area contributed by atoms with Gasteiger partial charge >= 0.3 is 0 Å². The third-order valence-electron chi connectivity index (χ3n) is 4.09. The molecule has 0 saturated heterocycles. The number of H-pyrrole nitrogens is 1. The van der Waals surface area contributed by atoms with E-state index in [1.54, 1.807) is 25.3 Å². The van der Waals surface area contributed by atoms with E-state index >= 15 is 0 Å². The highest BCUT2D eigenvalue weighted by Gasteiger charge is 2.24. The zero-order chi connectivity index (χ0) is 16.5. The maximum Gasteiger partial charge on any atom is 0.251 e. The Balaban J connectivity index is 1.50. The van der Waals surface area contributed by atoms with Crippen LogP contribution in [-0.4, -0.2) is 41.1 Å². The number of rotatable bonds is 3. The number of amides is 1. The number of benzene rings is 2. The summed E-state index contributed by atoms with van der Waals surface area (Å²) in [6, 6.07) is 10.9. The Bertz CT molecular complexity index is 906. The Kier molecular flexibility index (Phi) is 3.53. The second kappa shape index (κ2) is 5.84. The lowest BCUT2D eigenvalue weighted by Gasteiger charge is -2.27. The van der Waals surface area contributed by atoms with Crippen LogP contribution in [0.25, 0.3) is 11.0 Å². The Morgan fingerprint density at radius 3 is 3.04 bits per heavy atom. The summed E-state index contributed by atoms with van der Waals surface area (Å²) in [4.78, 5) is 12.5. The van der Waals surface area contributed by atoms with Gasteiger partial charge in [-0.2, -0.15) is 15.4 Å². The van der Waals surface area contributed by atoms with Gasteiger partial charge in [0.25, 0.3) is 5.91 Å². The molecular weight excluding hydrogens is 308 g/mol. The van der Waals surface area contributed by atoms with Crippen molar-refractivity contribution in [3.8, 4) is 11.5 Å². The molecule has 0 radical (unpaired) electrons. The number of fused-ring (bicyclic) bond motifs is 2. The van der Waals surface area contributed by atoms with Crippen molar-refractivity contribution in [2.75, 3.05) is 13.7 Å². The molecule has 1 amide bonds. The van der Waals surface area contributed by atoms with Gasteiger partial charge in [-0.15, -0.1) is 0 Å². The largest absolute Gasteiger partial charge is 0.493 e. The van der Waals surface area contributed by atoms with Gasteiger partial charge in [0.2, 0.25) is 0 Å². The van der Waals surface area contributed by atoms with E-state index in [2.05, 4.69) is 20.7 Å². The molecule has 1 atom stereocenters. The number of nitrogens with zero attached hydrogens (tertiary/aromatic N) is 2. The number of methoxy groups -OCH3 is 1. The van der Waals surface area contributed by atoms with Gasteiger partial charge in [-0.25, -0.2) is 0 Å². The number of ether oxygens (including phenoxy) is 2. The van der Waals surface area contributed by atoms with E-state index in [1.807, 2.05) is 18.2 Å². The predicted molar refractivity (Wildman–Crippen MR) is 87.3 cm³/mol. The molecule has 0 fully saturated rings. The third-order valence-corrected chi connectivity index (χ3v) is 4.09. The van der Waals surface area contributed by atoms with E-state index in [9.17, 15) is 4.79 Å². The van der Waals surface area contributed by atoms with Crippen molar-refractivity contribution in [1.29, 1.82) is 0 Å². The molecule has 3 aromatic rings. The molecule has 2 N–H and O–H groups in total. The number of aromatic amines is 1. The molecule has 0 saturated carbocycles. The van der Waals surface area contributed by atoms with Crippen LogP contribution in [0.1, 0.15) is 15.9 Å². The SMILES string of the molecule is COc1cccc2c1OC[C@H](NC(=O)c1ccc3n[nH]nc3c1)C2. The lowest BCUT2D eigenvalue weighted by molar-refractivity contribution is 0.0914. The second-order valence-electron chi connectivity index (χ2n) is 5.66. The molecule has 0 spiro atoms. The van der Waals surface area contributed by atoms with Crippen LogP contribution in [0.15, 0.2) is 36.4 Å². The molecule has 7 heteroatoms. The number of hydrogen-bond donors (Lipinski definition) is 2. The van der Waals surface area contributed by atoms with Crippen LogP contribution in [0.5, 0.6) is 11.5 Å². The van der Waals surface area contributed by atoms with E-state index < -0.39 is 0 Å². The summed E-state index contributed by atoms with van der Waals surface area (Å²) in [6.45, 7) is 0.408.